The van der Waals surface area contributed by atoms with Crippen LogP contribution in [0, 0.1) is 11.3 Å². The fraction of sp³-hybridized carbons (Fsp3) is 0.312. The van der Waals surface area contributed by atoms with E-state index in [1.165, 1.54) is 11.8 Å². The number of esters is 1. The molecule has 0 unspecified atom stereocenters. The monoisotopic (exact) mass is 315 g/mol. The minimum atomic E-state index is -0.414. The predicted molar refractivity (Wildman–Crippen MR) is 87.2 cm³/mol. The van der Waals surface area contributed by atoms with Crippen molar-refractivity contribution in [2.75, 3.05) is 12.4 Å². The molecule has 0 aliphatic carbocycles. The number of hydrogen-bond donors (Lipinski definition) is 1. The summed E-state index contributed by atoms with van der Waals surface area (Å²) in [6, 6.07) is 11.3. The molecule has 0 amide bonds. The predicted octanol–water partition coefficient (Wildman–Crippen LogP) is 2.78. The Hall–Kier alpha value is -2.26. The van der Waals surface area contributed by atoms with Gasteiger partial charge >= 0.3 is 5.97 Å². The van der Waals surface area contributed by atoms with Gasteiger partial charge in [0.15, 0.2) is 5.17 Å². The molecule has 0 aromatic heterocycles. The zero-order chi connectivity index (χ0) is 15.9. The van der Waals surface area contributed by atoms with Gasteiger partial charge in [-0.2, -0.15) is 5.26 Å². The van der Waals surface area contributed by atoms with Gasteiger partial charge in [-0.3, -0.25) is 0 Å². The molecule has 1 aromatic rings. The van der Waals surface area contributed by atoms with Crippen LogP contribution in [0.3, 0.4) is 0 Å². The molecular weight excluding hydrogens is 298 g/mol. The molecule has 1 N–H and O–H groups in total. The third kappa shape index (κ3) is 3.68. The maximum absolute atomic E-state index is 12.3. The van der Waals surface area contributed by atoms with Gasteiger partial charge in [-0.15, -0.1) is 0 Å². The zero-order valence-corrected chi connectivity index (χ0v) is 13.3. The molecule has 0 fully saturated rings. The fourth-order valence-corrected chi connectivity index (χ4v) is 2.78. The van der Waals surface area contributed by atoms with Crippen molar-refractivity contribution in [3.05, 3.63) is 47.2 Å². The van der Waals surface area contributed by atoms with E-state index >= 15 is 0 Å². The van der Waals surface area contributed by atoms with E-state index in [0.29, 0.717) is 28.8 Å². The summed E-state index contributed by atoms with van der Waals surface area (Å²) in [5.74, 6) is -0.0653. The second kappa shape index (κ2) is 7.66. The SMILES string of the molecule is CCOC(=O)C1=C(C)NC(SCC#N)=N[C@@H]1c1ccccc1. The lowest BCUT2D eigenvalue weighted by molar-refractivity contribution is -0.138. The number of ether oxygens (including phenoxy) is 1. The van der Waals surface area contributed by atoms with Crippen molar-refractivity contribution >= 4 is 22.9 Å². The highest BCUT2D eigenvalue weighted by atomic mass is 32.2. The van der Waals surface area contributed by atoms with E-state index in [1.54, 1.807) is 6.92 Å². The Kier molecular flexibility index (Phi) is 5.61. The van der Waals surface area contributed by atoms with Gasteiger partial charge in [-0.25, -0.2) is 9.79 Å². The Balaban J connectivity index is 2.39. The van der Waals surface area contributed by atoms with Gasteiger partial charge in [-0.1, -0.05) is 42.1 Å². The molecule has 1 atom stereocenters. The van der Waals surface area contributed by atoms with Crippen LogP contribution < -0.4 is 5.32 Å². The summed E-state index contributed by atoms with van der Waals surface area (Å²) >= 11 is 1.32. The van der Waals surface area contributed by atoms with Crippen molar-refractivity contribution in [1.29, 1.82) is 5.26 Å². The van der Waals surface area contributed by atoms with Crippen molar-refractivity contribution in [2.24, 2.45) is 4.99 Å². The summed E-state index contributed by atoms with van der Waals surface area (Å²) in [6.45, 7) is 3.92. The molecule has 22 heavy (non-hydrogen) atoms. The van der Waals surface area contributed by atoms with E-state index in [9.17, 15) is 4.79 Å². The Labute approximate surface area is 134 Å². The van der Waals surface area contributed by atoms with Crippen molar-refractivity contribution in [2.45, 2.75) is 19.9 Å². The molecule has 114 valence electrons. The topological polar surface area (TPSA) is 74.5 Å². The molecule has 0 saturated heterocycles. The fourth-order valence-electron chi connectivity index (χ4n) is 2.17. The number of carbonyl (C=O) groups excluding carboxylic acids is 1. The molecule has 0 saturated carbocycles. The molecule has 1 aromatic carbocycles. The van der Waals surface area contributed by atoms with Crippen LogP contribution in [0.15, 0.2) is 46.6 Å². The molecule has 6 heteroatoms. The molecule has 5 nitrogen and oxygen atoms in total. The summed E-state index contributed by atoms with van der Waals surface area (Å²) in [5, 5.41) is 12.4. The molecule has 2 rings (SSSR count). The Morgan fingerprint density at radius 3 is 2.82 bits per heavy atom. The van der Waals surface area contributed by atoms with E-state index in [1.807, 2.05) is 37.3 Å². The van der Waals surface area contributed by atoms with E-state index in [0.717, 1.165) is 5.56 Å². The molecule has 1 heterocycles. The molecule has 0 bridgehead atoms. The second-order valence-corrected chi connectivity index (χ2v) is 5.54. The maximum atomic E-state index is 12.3. The van der Waals surface area contributed by atoms with Gasteiger partial charge in [-0.05, 0) is 19.4 Å². The highest BCUT2D eigenvalue weighted by Gasteiger charge is 2.30. The maximum Gasteiger partial charge on any atom is 0.338 e. The largest absolute Gasteiger partial charge is 0.463 e. The normalized spacial score (nSPS) is 17.3. The highest BCUT2D eigenvalue weighted by Crippen LogP contribution is 2.32. The lowest BCUT2D eigenvalue weighted by Gasteiger charge is -2.25. The summed E-state index contributed by atoms with van der Waals surface area (Å²) in [5.41, 5.74) is 2.14. The first-order valence-corrected chi connectivity index (χ1v) is 7.93. The van der Waals surface area contributed by atoms with E-state index in [2.05, 4.69) is 16.4 Å². The molecular formula is C16H17N3O2S. The number of nitrogens with zero attached hydrogens (tertiary/aromatic N) is 2. The van der Waals surface area contributed by atoms with Crippen LogP contribution in [0.2, 0.25) is 0 Å². The van der Waals surface area contributed by atoms with Crippen LogP contribution in [-0.4, -0.2) is 23.5 Å². The van der Waals surface area contributed by atoms with Crippen molar-refractivity contribution < 1.29 is 9.53 Å². The quantitative estimate of drug-likeness (QED) is 0.865. The summed E-state index contributed by atoms with van der Waals surface area (Å²) in [6.07, 6.45) is 0. The number of aliphatic imine (C=N–C) groups is 1. The first-order chi connectivity index (χ1) is 10.7. The van der Waals surface area contributed by atoms with Gasteiger partial charge in [0.2, 0.25) is 0 Å². The summed E-state index contributed by atoms with van der Waals surface area (Å²) in [7, 11) is 0. The van der Waals surface area contributed by atoms with Crippen LogP contribution in [0.4, 0.5) is 0 Å². The number of thioether (sulfide) groups is 1. The van der Waals surface area contributed by atoms with Crippen molar-refractivity contribution in [3.63, 3.8) is 0 Å². The minimum absolute atomic E-state index is 0.301. The van der Waals surface area contributed by atoms with Gasteiger partial charge in [0.25, 0.3) is 0 Å². The summed E-state index contributed by atoms with van der Waals surface area (Å²) < 4.78 is 5.15. The Morgan fingerprint density at radius 2 is 2.18 bits per heavy atom. The smallest absolute Gasteiger partial charge is 0.338 e. The van der Waals surface area contributed by atoms with Crippen molar-refractivity contribution in [3.8, 4) is 6.07 Å². The van der Waals surface area contributed by atoms with Crippen LogP contribution in [0.5, 0.6) is 0 Å². The van der Waals surface area contributed by atoms with Crippen LogP contribution in [-0.2, 0) is 9.53 Å². The molecule has 1 aliphatic heterocycles. The van der Waals surface area contributed by atoms with Gasteiger partial charge < -0.3 is 10.1 Å². The number of rotatable bonds is 4. The molecule has 0 radical (unpaired) electrons. The average molecular weight is 315 g/mol. The molecule has 1 aliphatic rings. The second-order valence-electron chi connectivity index (χ2n) is 4.58. The minimum Gasteiger partial charge on any atom is -0.463 e. The van der Waals surface area contributed by atoms with Crippen LogP contribution >= 0.6 is 11.8 Å². The first kappa shape index (κ1) is 16.1. The number of allylic oxidation sites excluding steroid dienone is 1. The zero-order valence-electron chi connectivity index (χ0n) is 12.5. The van der Waals surface area contributed by atoms with Crippen molar-refractivity contribution in [1.82, 2.24) is 5.32 Å². The van der Waals surface area contributed by atoms with Gasteiger partial charge in [0.05, 0.1) is 24.0 Å². The van der Waals surface area contributed by atoms with E-state index < -0.39 is 6.04 Å². The molecule has 0 spiro atoms. The lowest BCUT2D eigenvalue weighted by Crippen LogP contribution is -2.30. The third-order valence-corrected chi connectivity index (χ3v) is 3.86. The standard InChI is InChI=1S/C16H17N3O2S/c1-3-21-15(20)13-11(2)18-16(22-10-9-17)19-14(13)12-7-5-4-6-8-12/h4-8,14H,3,10H2,1-2H3,(H,18,19)/t14-/m1/s1. The summed E-state index contributed by atoms with van der Waals surface area (Å²) in [4.78, 5) is 16.8. The first-order valence-electron chi connectivity index (χ1n) is 6.94. The number of carbonyl (C=O) groups is 1. The van der Waals surface area contributed by atoms with Gasteiger partial charge in [0, 0.05) is 5.70 Å². The van der Waals surface area contributed by atoms with Gasteiger partial charge in [0.1, 0.15) is 6.04 Å². The number of nitriles is 1. The number of amidine groups is 1. The Bertz CT molecular complexity index is 647. The average Bonchev–Trinajstić information content (AvgIpc) is 2.53. The van der Waals surface area contributed by atoms with Crippen LogP contribution in [0.1, 0.15) is 25.5 Å². The number of hydrogen-bond acceptors (Lipinski definition) is 6. The van der Waals surface area contributed by atoms with E-state index in [-0.39, 0.29) is 5.97 Å². The Morgan fingerprint density at radius 1 is 1.45 bits per heavy atom. The number of nitrogens with one attached hydrogen (secondary N) is 1. The van der Waals surface area contributed by atoms with E-state index in [4.69, 9.17) is 10.00 Å². The highest BCUT2D eigenvalue weighted by molar-refractivity contribution is 8.14. The van der Waals surface area contributed by atoms with Crippen LogP contribution in [0.25, 0.3) is 0 Å². The number of benzene rings is 1. The lowest BCUT2D eigenvalue weighted by atomic mass is 9.97. The third-order valence-electron chi connectivity index (χ3n) is 3.10.